The number of amides is 1. The lowest BCUT2D eigenvalue weighted by Gasteiger charge is -2.09. The standard InChI is InChI=1S/C22H21N5O3S/c1-4-19-24-25-22(31-19)23-21(28)20-16(13-27(26-20)15-8-6-5-7-9-15)14-10-11-17(29-2)18(12-14)30-3/h5-13H,4H2,1-3H3,(H,23,25,28). The van der Waals surface area contributed by atoms with Crippen molar-refractivity contribution in [3.63, 3.8) is 0 Å². The second kappa shape index (κ2) is 8.97. The average molecular weight is 436 g/mol. The van der Waals surface area contributed by atoms with Crippen molar-refractivity contribution < 1.29 is 14.3 Å². The van der Waals surface area contributed by atoms with E-state index in [1.165, 1.54) is 11.3 Å². The van der Waals surface area contributed by atoms with Crippen LogP contribution in [0.25, 0.3) is 16.8 Å². The third-order valence-corrected chi connectivity index (χ3v) is 5.62. The molecule has 2 aromatic heterocycles. The molecule has 0 radical (unpaired) electrons. The molecule has 1 N–H and O–H groups in total. The van der Waals surface area contributed by atoms with Gasteiger partial charge in [0.25, 0.3) is 5.91 Å². The molecule has 0 saturated heterocycles. The SMILES string of the molecule is CCc1nnc(NC(=O)c2nn(-c3ccccc3)cc2-c2ccc(OC)c(OC)c2)s1. The van der Waals surface area contributed by atoms with E-state index in [-0.39, 0.29) is 11.6 Å². The second-order valence-electron chi connectivity index (χ2n) is 6.55. The fourth-order valence-electron chi connectivity index (χ4n) is 3.07. The van der Waals surface area contributed by atoms with Crippen LogP contribution in [0, 0.1) is 0 Å². The van der Waals surface area contributed by atoms with Gasteiger partial charge in [-0.25, -0.2) is 4.68 Å². The zero-order chi connectivity index (χ0) is 21.8. The number of aromatic nitrogens is 4. The normalized spacial score (nSPS) is 10.7. The molecule has 0 fully saturated rings. The topological polar surface area (TPSA) is 91.2 Å². The van der Waals surface area contributed by atoms with Crippen molar-refractivity contribution in [3.05, 3.63) is 65.4 Å². The van der Waals surface area contributed by atoms with Gasteiger partial charge < -0.3 is 9.47 Å². The molecule has 31 heavy (non-hydrogen) atoms. The molecule has 8 nitrogen and oxygen atoms in total. The molecule has 4 rings (SSSR count). The first-order valence-corrected chi connectivity index (χ1v) is 10.5. The average Bonchev–Trinajstić information content (AvgIpc) is 3.46. The Morgan fingerprint density at radius 2 is 1.84 bits per heavy atom. The van der Waals surface area contributed by atoms with Crippen molar-refractivity contribution in [1.82, 2.24) is 20.0 Å². The lowest BCUT2D eigenvalue weighted by molar-refractivity contribution is 0.102. The quantitative estimate of drug-likeness (QED) is 0.467. The first kappa shape index (κ1) is 20.5. The summed E-state index contributed by atoms with van der Waals surface area (Å²) in [6, 6.07) is 15.1. The number of ether oxygens (including phenoxy) is 2. The highest BCUT2D eigenvalue weighted by atomic mass is 32.1. The molecule has 2 heterocycles. The fourth-order valence-corrected chi connectivity index (χ4v) is 3.75. The van der Waals surface area contributed by atoms with Crippen LogP contribution in [0.5, 0.6) is 11.5 Å². The third kappa shape index (κ3) is 4.26. The lowest BCUT2D eigenvalue weighted by Crippen LogP contribution is -2.14. The van der Waals surface area contributed by atoms with E-state index < -0.39 is 0 Å². The highest BCUT2D eigenvalue weighted by molar-refractivity contribution is 7.15. The number of carbonyl (C=O) groups excluding carboxylic acids is 1. The summed E-state index contributed by atoms with van der Waals surface area (Å²) in [6.45, 7) is 1.99. The largest absolute Gasteiger partial charge is 0.493 e. The Morgan fingerprint density at radius 1 is 1.06 bits per heavy atom. The minimum Gasteiger partial charge on any atom is -0.493 e. The first-order valence-electron chi connectivity index (χ1n) is 9.64. The van der Waals surface area contributed by atoms with Gasteiger partial charge >= 0.3 is 0 Å². The van der Waals surface area contributed by atoms with Crippen LogP contribution in [-0.2, 0) is 6.42 Å². The van der Waals surface area contributed by atoms with Gasteiger partial charge in [-0.1, -0.05) is 42.5 Å². The number of anilines is 1. The van der Waals surface area contributed by atoms with Crippen LogP contribution >= 0.6 is 11.3 Å². The Morgan fingerprint density at radius 3 is 2.52 bits per heavy atom. The van der Waals surface area contributed by atoms with Gasteiger partial charge in [0.15, 0.2) is 17.2 Å². The molecule has 0 aliphatic heterocycles. The molecule has 0 saturated carbocycles. The van der Waals surface area contributed by atoms with Crippen molar-refractivity contribution in [1.29, 1.82) is 0 Å². The number of benzene rings is 2. The minimum absolute atomic E-state index is 0.268. The monoisotopic (exact) mass is 435 g/mol. The number of nitrogens with one attached hydrogen (secondary N) is 1. The highest BCUT2D eigenvalue weighted by Gasteiger charge is 2.21. The summed E-state index contributed by atoms with van der Waals surface area (Å²) in [5, 5.41) is 16.8. The number of nitrogens with zero attached hydrogens (tertiary/aromatic N) is 4. The van der Waals surface area contributed by atoms with Gasteiger partial charge in [-0.3, -0.25) is 10.1 Å². The molecular weight excluding hydrogens is 414 g/mol. The van der Waals surface area contributed by atoms with Crippen LogP contribution in [0.1, 0.15) is 22.4 Å². The summed E-state index contributed by atoms with van der Waals surface area (Å²) < 4.78 is 12.4. The highest BCUT2D eigenvalue weighted by Crippen LogP contribution is 2.34. The predicted molar refractivity (Wildman–Crippen MR) is 119 cm³/mol. The lowest BCUT2D eigenvalue weighted by atomic mass is 10.1. The molecular formula is C22H21N5O3S. The molecule has 9 heteroatoms. The zero-order valence-electron chi connectivity index (χ0n) is 17.3. The number of aryl methyl sites for hydroxylation is 1. The van der Waals surface area contributed by atoms with Crippen molar-refractivity contribution in [2.45, 2.75) is 13.3 Å². The Bertz CT molecular complexity index is 1200. The van der Waals surface area contributed by atoms with Crippen molar-refractivity contribution >= 4 is 22.4 Å². The summed E-state index contributed by atoms with van der Waals surface area (Å²) in [5.74, 6) is 0.808. The fraction of sp³-hybridized carbons (Fsp3) is 0.182. The number of rotatable bonds is 7. The van der Waals surface area contributed by atoms with Crippen LogP contribution in [0.3, 0.4) is 0 Å². The number of carbonyl (C=O) groups is 1. The molecule has 158 valence electrons. The van der Waals surface area contributed by atoms with Gasteiger partial charge in [-0.05, 0) is 36.2 Å². The third-order valence-electron chi connectivity index (χ3n) is 4.63. The van der Waals surface area contributed by atoms with Gasteiger partial charge in [-0.15, -0.1) is 10.2 Å². The molecule has 0 aliphatic rings. The Kier molecular flexibility index (Phi) is 5.94. The molecule has 1 amide bonds. The predicted octanol–water partition coefficient (Wildman–Crippen LogP) is 4.22. The minimum atomic E-state index is -0.363. The summed E-state index contributed by atoms with van der Waals surface area (Å²) in [6.07, 6.45) is 2.58. The summed E-state index contributed by atoms with van der Waals surface area (Å²) >= 11 is 1.35. The van der Waals surface area contributed by atoms with E-state index in [1.54, 1.807) is 25.0 Å². The summed E-state index contributed by atoms with van der Waals surface area (Å²) in [4.78, 5) is 13.1. The van der Waals surface area contributed by atoms with Crippen LogP contribution in [0.4, 0.5) is 5.13 Å². The van der Waals surface area contributed by atoms with Gasteiger partial charge in [0.05, 0.1) is 19.9 Å². The van der Waals surface area contributed by atoms with E-state index in [0.717, 1.165) is 22.7 Å². The van der Waals surface area contributed by atoms with Gasteiger partial charge in [0.2, 0.25) is 5.13 Å². The Labute approximate surface area is 183 Å². The van der Waals surface area contributed by atoms with E-state index in [9.17, 15) is 4.79 Å². The van der Waals surface area contributed by atoms with Crippen molar-refractivity contribution in [2.75, 3.05) is 19.5 Å². The molecule has 2 aromatic carbocycles. The smallest absolute Gasteiger partial charge is 0.278 e. The maximum absolute atomic E-state index is 13.1. The molecule has 0 spiro atoms. The van der Waals surface area contributed by atoms with Gasteiger partial charge in [-0.2, -0.15) is 5.10 Å². The zero-order valence-corrected chi connectivity index (χ0v) is 18.1. The number of hydrogen-bond acceptors (Lipinski definition) is 7. The Hall–Kier alpha value is -3.72. The number of methoxy groups -OCH3 is 2. The molecule has 0 unspecified atom stereocenters. The van der Waals surface area contributed by atoms with Crippen LogP contribution < -0.4 is 14.8 Å². The van der Waals surface area contributed by atoms with Crippen molar-refractivity contribution in [3.8, 4) is 28.3 Å². The van der Waals surface area contributed by atoms with Crippen LogP contribution in [0.15, 0.2) is 54.7 Å². The van der Waals surface area contributed by atoms with Crippen LogP contribution in [-0.4, -0.2) is 40.1 Å². The second-order valence-corrected chi connectivity index (χ2v) is 7.61. The first-order chi connectivity index (χ1) is 15.1. The van der Waals surface area contributed by atoms with E-state index in [0.29, 0.717) is 22.2 Å². The molecule has 0 aliphatic carbocycles. The molecule has 4 aromatic rings. The van der Waals surface area contributed by atoms with E-state index in [2.05, 4.69) is 20.6 Å². The van der Waals surface area contributed by atoms with Gasteiger partial charge in [0.1, 0.15) is 5.01 Å². The molecule has 0 bridgehead atoms. The molecule has 0 atom stereocenters. The van der Waals surface area contributed by atoms with Crippen LogP contribution in [0.2, 0.25) is 0 Å². The maximum atomic E-state index is 13.1. The van der Waals surface area contributed by atoms with E-state index in [4.69, 9.17) is 9.47 Å². The number of para-hydroxylation sites is 1. The summed E-state index contributed by atoms with van der Waals surface area (Å²) in [7, 11) is 3.15. The maximum Gasteiger partial charge on any atom is 0.278 e. The van der Waals surface area contributed by atoms with Crippen molar-refractivity contribution in [2.24, 2.45) is 0 Å². The van der Waals surface area contributed by atoms with E-state index in [1.807, 2.05) is 55.6 Å². The summed E-state index contributed by atoms with van der Waals surface area (Å²) in [5.41, 5.74) is 2.54. The Balaban J connectivity index is 1.77. The number of hydrogen-bond donors (Lipinski definition) is 1. The van der Waals surface area contributed by atoms with Gasteiger partial charge in [0, 0.05) is 11.8 Å². The van der Waals surface area contributed by atoms with E-state index >= 15 is 0 Å².